The van der Waals surface area contributed by atoms with E-state index in [0.717, 1.165) is 32.0 Å². The lowest BCUT2D eigenvalue weighted by Crippen LogP contribution is -2.29. The van der Waals surface area contributed by atoms with Crippen LogP contribution < -0.4 is 9.80 Å². The van der Waals surface area contributed by atoms with Crippen molar-refractivity contribution in [3.05, 3.63) is 58.3 Å². The van der Waals surface area contributed by atoms with Gasteiger partial charge in [-0.2, -0.15) is 0 Å². The lowest BCUT2D eigenvalue weighted by Gasteiger charge is -2.24. The fourth-order valence-corrected chi connectivity index (χ4v) is 3.94. The molecule has 0 N–H and O–H groups in total. The first-order chi connectivity index (χ1) is 11.6. The van der Waals surface area contributed by atoms with E-state index in [1.165, 1.54) is 5.69 Å². The largest absolute Gasteiger partial charge is 0.371 e. The molecule has 4 rings (SSSR count). The first-order valence-electron chi connectivity index (χ1n) is 8.29. The number of rotatable bonds is 3. The standard InChI is InChI=1S/C18H20N4O2/c1-13-17(22(23)24)7-8-18(19-13)21-11-14-9-20(10-15(14)12-21)16-5-3-2-4-6-16/h2-8,14-15H,9-12H2,1H3/t14-,15+. The van der Waals surface area contributed by atoms with E-state index in [1.807, 2.05) is 6.07 Å². The summed E-state index contributed by atoms with van der Waals surface area (Å²) >= 11 is 0. The van der Waals surface area contributed by atoms with Crippen LogP contribution in [0.2, 0.25) is 0 Å². The van der Waals surface area contributed by atoms with Gasteiger partial charge in [-0.05, 0) is 25.1 Å². The molecule has 2 saturated heterocycles. The molecule has 0 spiro atoms. The average Bonchev–Trinajstić information content (AvgIpc) is 3.14. The lowest BCUT2D eigenvalue weighted by molar-refractivity contribution is -0.385. The molecule has 2 aromatic rings. The Kier molecular flexibility index (Phi) is 3.59. The third kappa shape index (κ3) is 2.58. The van der Waals surface area contributed by atoms with Crippen molar-refractivity contribution in [2.24, 2.45) is 11.8 Å². The van der Waals surface area contributed by atoms with E-state index >= 15 is 0 Å². The number of pyridine rings is 1. The fourth-order valence-electron chi connectivity index (χ4n) is 3.94. The Morgan fingerprint density at radius 2 is 1.62 bits per heavy atom. The van der Waals surface area contributed by atoms with Crippen molar-refractivity contribution in [1.29, 1.82) is 0 Å². The van der Waals surface area contributed by atoms with Crippen LogP contribution in [0.1, 0.15) is 5.69 Å². The third-order valence-corrected chi connectivity index (χ3v) is 5.17. The Bertz CT molecular complexity index is 751. The molecule has 0 radical (unpaired) electrons. The van der Waals surface area contributed by atoms with E-state index in [2.05, 4.69) is 39.0 Å². The summed E-state index contributed by atoms with van der Waals surface area (Å²) in [4.78, 5) is 19.7. The van der Waals surface area contributed by atoms with E-state index in [-0.39, 0.29) is 10.6 Å². The van der Waals surface area contributed by atoms with Gasteiger partial charge in [0.25, 0.3) is 5.69 Å². The molecule has 0 saturated carbocycles. The van der Waals surface area contributed by atoms with Gasteiger partial charge in [0.2, 0.25) is 0 Å². The maximum absolute atomic E-state index is 10.9. The highest BCUT2D eigenvalue weighted by Crippen LogP contribution is 2.36. The molecule has 2 aliphatic heterocycles. The van der Waals surface area contributed by atoms with E-state index < -0.39 is 0 Å². The molecular weight excluding hydrogens is 304 g/mol. The van der Waals surface area contributed by atoms with Crippen molar-refractivity contribution in [2.75, 3.05) is 36.0 Å². The molecule has 124 valence electrons. The number of hydrogen-bond donors (Lipinski definition) is 0. The first-order valence-corrected chi connectivity index (χ1v) is 8.29. The highest BCUT2D eigenvalue weighted by molar-refractivity contribution is 5.51. The van der Waals surface area contributed by atoms with Crippen molar-refractivity contribution in [3.63, 3.8) is 0 Å². The van der Waals surface area contributed by atoms with Gasteiger partial charge in [0.15, 0.2) is 0 Å². The van der Waals surface area contributed by atoms with Crippen LogP contribution in [0.15, 0.2) is 42.5 Å². The summed E-state index contributed by atoms with van der Waals surface area (Å²) < 4.78 is 0. The number of nitro groups is 1. The predicted octanol–water partition coefficient (Wildman–Crippen LogP) is 2.87. The van der Waals surface area contributed by atoms with Gasteiger partial charge in [0.1, 0.15) is 11.5 Å². The second-order valence-corrected chi connectivity index (χ2v) is 6.70. The smallest absolute Gasteiger partial charge is 0.290 e. The Balaban J connectivity index is 1.46. The molecule has 3 heterocycles. The third-order valence-electron chi connectivity index (χ3n) is 5.17. The Hall–Kier alpha value is -2.63. The summed E-state index contributed by atoms with van der Waals surface area (Å²) in [7, 11) is 0. The Morgan fingerprint density at radius 3 is 2.21 bits per heavy atom. The number of para-hydroxylation sites is 1. The van der Waals surface area contributed by atoms with Gasteiger partial charge >= 0.3 is 0 Å². The van der Waals surface area contributed by atoms with Gasteiger partial charge in [-0.3, -0.25) is 10.1 Å². The number of hydrogen-bond acceptors (Lipinski definition) is 5. The van der Waals surface area contributed by atoms with Gasteiger partial charge in [-0.15, -0.1) is 0 Å². The van der Waals surface area contributed by atoms with Crippen molar-refractivity contribution in [3.8, 4) is 0 Å². The van der Waals surface area contributed by atoms with E-state index in [0.29, 0.717) is 17.5 Å². The second-order valence-electron chi connectivity index (χ2n) is 6.70. The number of anilines is 2. The van der Waals surface area contributed by atoms with Gasteiger partial charge in [-0.25, -0.2) is 4.98 Å². The summed E-state index contributed by atoms with van der Waals surface area (Å²) in [5.41, 5.74) is 1.87. The molecular formula is C18H20N4O2. The summed E-state index contributed by atoms with van der Waals surface area (Å²) in [5, 5.41) is 10.9. The highest BCUT2D eigenvalue weighted by Gasteiger charge is 2.40. The second kappa shape index (κ2) is 5.78. The quantitative estimate of drug-likeness (QED) is 0.642. The molecule has 2 fully saturated rings. The van der Waals surface area contributed by atoms with Gasteiger partial charge in [0.05, 0.1) is 4.92 Å². The van der Waals surface area contributed by atoms with Crippen molar-refractivity contribution < 1.29 is 4.92 Å². The van der Waals surface area contributed by atoms with E-state index in [1.54, 1.807) is 19.1 Å². The van der Waals surface area contributed by atoms with Gasteiger partial charge in [-0.1, -0.05) is 18.2 Å². The first kappa shape index (κ1) is 14.9. The van der Waals surface area contributed by atoms with Crippen LogP contribution in [0.25, 0.3) is 0 Å². The van der Waals surface area contributed by atoms with Crippen molar-refractivity contribution in [2.45, 2.75) is 6.92 Å². The molecule has 6 heteroatoms. The summed E-state index contributed by atoms with van der Waals surface area (Å²) in [6, 6.07) is 13.9. The van der Waals surface area contributed by atoms with Crippen LogP contribution in [0.4, 0.5) is 17.2 Å². The van der Waals surface area contributed by atoms with E-state index in [9.17, 15) is 10.1 Å². The van der Waals surface area contributed by atoms with Crippen LogP contribution in [0.3, 0.4) is 0 Å². The minimum absolute atomic E-state index is 0.0911. The zero-order valence-corrected chi connectivity index (χ0v) is 13.6. The normalized spacial score (nSPS) is 22.7. The summed E-state index contributed by atoms with van der Waals surface area (Å²) in [6.07, 6.45) is 0. The molecule has 1 aromatic carbocycles. The van der Waals surface area contributed by atoms with Crippen LogP contribution in [0.5, 0.6) is 0 Å². The number of aryl methyl sites for hydroxylation is 1. The van der Waals surface area contributed by atoms with E-state index in [4.69, 9.17) is 0 Å². The van der Waals surface area contributed by atoms with Crippen molar-refractivity contribution in [1.82, 2.24) is 4.98 Å². The van der Waals surface area contributed by atoms with Crippen molar-refractivity contribution >= 4 is 17.2 Å². The molecule has 0 amide bonds. The number of nitrogens with zero attached hydrogens (tertiary/aromatic N) is 4. The zero-order chi connectivity index (χ0) is 16.7. The minimum atomic E-state index is -0.372. The Labute approximate surface area is 140 Å². The number of aromatic nitrogens is 1. The molecule has 0 aliphatic carbocycles. The molecule has 0 unspecified atom stereocenters. The molecule has 24 heavy (non-hydrogen) atoms. The average molecular weight is 324 g/mol. The van der Waals surface area contributed by atoms with Crippen LogP contribution >= 0.6 is 0 Å². The number of benzene rings is 1. The maximum Gasteiger partial charge on any atom is 0.290 e. The SMILES string of the molecule is Cc1nc(N2C[C@H]3CN(c4ccccc4)C[C@H]3C2)ccc1[N+](=O)[O-]. The van der Waals surface area contributed by atoms with Crippen LogP contribution in [0, 0.1) is 28.9 Å². The minimum Gasteiger partial charge on any atom is -0.371 e. The zero-order valence-electron chi connectivity index (χ0n) is 13.6. The molecule has 0 bridgehead atoms. The number of fused-ring (bicyclic) bond motifs is 1. The monoisotopic (exact) mass is 324 g/mol. The molecule has 1 aromatic heterocycles. The summed E-state index contributed by atoms with van der Waals surface area (Å²) in [6.45, 7) is 5.78. The van der Waals surface area contributed by atoms with Gasteiger partial charge < -0.3 is 9.80 Å². The summed E-state index contributed by atoms with van der Waals surface area (Å²) in [5.74, 6) is 2.11. The van der Waals surface area contributed by atoms with Gasteiger partial charge in [0, 0.05) is 49.8 Å². The van der Waals surface area contributed by atoms with Crippen LogP contribution in [-0.4, -0.2) is 36.1 Å². The Morgan fingerprint density at radius 1 is 1.00 bits per heavy atom. The molecule has 2 atom stereocenters. The molecule has 6 nitrogen and oxygen atoms in total. The van der Waals surface area contributed by atoms with Crippen LogP contribution in [-0.2, 0) is 0 Å². The lowest BCUT2D eigenvalue weighted by atomic mass is 10.0. The maximum atomic E-state index is 10.9. The fraction of sp³-hybridized carbons (Fsp3) is 0.389. The topological polar surface area (TPSA) is 62.5 Å². The molecule has 2 aliphatic rings. The highest BCUT2D eigenvalue weighted by atomic mass is 16.6. The predicted molar refractivity (Wildman–Crippen MR) is 93.5 cm³/mol.